The van der Waals surface area contributed by atoms with Crippen molar-refractivity contribution in [1.82, 2.24) is 0 Å². The van der Waals surface area contributed by atoms with Crippen molar-refractivity contribution in [3.05, 3.63) is 77.1 Å². The van der Waals surface area contributed by atoms with Gasteiger partial charge in [-0.05, 0) is 73.6 Å². The highest BCUT2D eigenvalue weighted by Crippen LogP contribution is 2.39. The minimum Gasteiger partial charge on any atom is -0.490 e. The van der Waals surface area contributed by atoms with E-state index in [0.29, 0.717) is 37.0 Å². The van der Waals surface area contributed by atoms with E-state index in [4.69, 9.17) is 9.47 Å². The first-order valence-electron chi connectivity index (χ1n) is 11.5. The van der Waals surface area contributed by atoms with E-state index in [0.717, 1.165) is 16.3 Å². The maximum absolute atomic E-state index is 14.1. The van der Waals surface area contributed by atoms with Crippen LogP contribution in [-0.2, 0) is 20.9 Å². The molecule has 0 spiro atoms. The van der Waals surface area contributed by atoms with Crippen molar-refractivity contribution < 1.29 is 28.2 Å². The summed E-state index contributed by atoms with van der Waals surface area (Å²) in [5, 5.41) is 2.20. The number of hydrogen-bond donors (Lipinski definition) is 0. The predicted molar refractivity (Wildman–Crippen MR) is 127 cm³/mol. The zero-order valence-electron chi connectivity index (χ0n) is 19.7. The number of fused-ring (bicyclic) bond motifs is 1. The van der Waals surface area contributed by atoms with Gasteiger partial charge in [0.25, 0.3) is 0 Å². The van der Waals surface area contributed by atoms with Crippen LogP contribution in [0.1, 0.15) is 54.1 Å². The Kier molecular flexibility index (Phi) is 6.87. The van der Waals surface area contributed by atoms with Gasteiger partial charge in [-0.15, -0.1) is 0 Å². The third-order valence-electron chi connectivity index (χ3n) is 6.73. The van der Waals surface area contributed by atoms with Crippen molar-refractivity contribution in [2.45, 2.75) is 52.2 Å². The predicted octanol–water partition coefficient (Wildman–Crippen LogP) is 6.15. The molecule has 0 N–H and O–H groups in total. The van der Waals surface area contributed by atoms with E-state index < -0.39 is 17.2 Å². The molecule has 1 aliphatic carbocycles. The highest BCUT2D eigenvalue weighted by Gasteiger charge is 2.39. The highest BCUT2D eigenvalue weighted by atomic mass is 19.1. The first kappa shape index (κ1) is 23.7. The van der Waals surface area contributed by atoms with Crippen molar-refractivity contribution in [2.24, 2.45) is 5.41 Å². The van der Waals surface area contributed by atoms with Crippen LogP contribution in [0.5, 0.6) is 5.75 Å². The topological polar surface area (TPSA) is 61.8 Å². The number of esters is 2. The quantitative estimate of drug-likeness (QED) is 0.410. The summed E-state index contributed by atoms with van der Waals surface area (Å²) in [6, 6.07) is 16.7. The van der Waals surface area contributed by atoms with Gasteiger partial charge in [0, 0.05) is 0 Å². The van der Waals surface area contributed by atoms with E-state index in [2.05, 4.69) is 4.74 Å². The molecule has 0 bridgehead atoms. The molecule has 0 amide bonds. The Morgan fingerprint density at radius 1 is 1.06 bits per heavy atom. The number of hydrogen-bond acceptors (Lipinski definition) is 5. The summed E-state index contributed by atoms with van der Waals surface area (Å²) < 4.78 is 30.6. The number of rotatable bonds is 6. The summed E-state index contributed by atoms with van der Waals surface area (Å²) in [6.45, 7) is 3.91. The number of carbonyl (C=O) groups is 2. The van der Waals surface area contributed by atoms with E-state index >= 15 is 0 Å². The molecule has 1 aliphatic rings. The molecule has 0 aromatic heterocycles. The molecule has 5 nitrogen and oxygen atoms in total. The molecule has 0 saturated heterocycles. The van der Waals surface area contributed by atoms with Gasteiger partial charge in [-0.1, -0.05) is 42.5 Å². The lowest BCUT2D eigenvalue weighted by molar-refractivity contribution is -0.159. The van der Waals surface area contributed by atoms with E-state index in [1.54, 1.807) is 6.92 Å². The average Bonchev–Trinajstić information content (AvgIpc) is 2.85. The number of aryl methyl sites for hydroxylation is 1. The minimum atomic E-state index is -0.743. The molecule has 0 heterocycles. The van der Waals surface area contributed by atoms with Crippen LogP contribution in [0.3, 0.4) is 0 Å². The lowest BCUT2D eigenvalue weighted by Crippen LogP contribution is -2.37. The maximum Gasteiger partial charge on any atom is 0.340 e. The van der Waals surface area contributed by atoms with Crippen LogP contribution in [0.25, 0.3) is 10.8 Å². The summed E-state index contributed by atoms with van der Waals surface area (Å²) >= 11 is 0. The summed E-state index contributed by atoms with van der Waals surface area (Å²) in [6.07, 6.45) is 2.43. The first-order valence-corrected chi connectivity index (χ1v) is 11.5. The zero-order valence-corrected chi connectivity index (χ0v) is 19.7. The molecule has 0 unspecified atom stereocenters. The Hall–Kier alpha value is -3.41. The van der Waals surface area contributed by atoms with Gasteiger partial charge in [-0.25, -0.2) is 9.18 Å². The molecule has 178 valence electrons. The summed E-state index contributed by atoms with van der Waals surface area (Å²) in [5.74, 6) is -1.13. The average molecular weight is 465 g/mol. The van der Waals surface area contributed by atoms with E-state index in [9.17, 15) is 14.0 Å². The standard InChI is InChI=1S/C28H29FO5/c1-18-15-24(29)23(26(30)32-3)16-25(18)34-21-11-13-28(2,14-12-21)27(31)33-17-20-9-6-8-19-7-4-5-10-22(19)20/h4-10,15-16,21H,11-14,17H2,1-3H3/t21-,28+. The van der Waals surface area contributed by atoms with Gasteiger partial charge in [-0.3, -0.25) is 4.79 Å². The van der Waals surface area contributed by atoms with Crippen molar-refractivity contribution in [1.29, 1.82) is 0 Å². The van der Waals surface area contributed by atoms with Crippen LogP contribution in [0.2, 0.25) is 0 Å². The lowest BCUT2D eigenvalue weighted by atomic mass is 9.74. The Balaban J connectivity index is 1.37. The maximum atomic E-state index is 14.1. The van der Waals surface area contributed by atoms with Crippen LogP contribution in [-0.4, -0.2) is 25.2 Å². The van der Waals surface area contributed by atoms with Crippen molar-refractivity contribution >= 4 is 22.7 Å². The van der Waals surface area contributed by atoms with Gasteiger partial charge in [-0.2, -0.15) is 0 Å². The normalized spacial score (nSPS) is 20.1. The van der Waals surface area contributed by atoms with Crippen LogP contribution >= 0.6 is 0 Å². The second-order valence-electron chi connectivity index (χ2n) is 9.18. The van der Waals surface area contributed by atoms with Gasteiger partial charge >= 0.3 is 11.9 Å². The van der Waals surface area contributed by atoms with Crippen LogP contribution in [0.4, 0.5) is 4.39 Å². The molecule has 3 aromatic carbocycles. The van der Waals surface area contributed by atoms with Crippen LogP contribution in [0.15, 0.2) is 54.6 Å². The molecule has 0 aliphatic heterocycles. The number of carbonyl (C=O) groups excluding carboxylic acids is 2. The van der Waals surface area contributed by atoms with E-state index in [-0.39, 0.29) is 24.2 Å². The number of benzene rings is 3. The second kappa shape index (κ2) is 9.84. The fraction of sp³-hybridized carbons (Fsp3) is 0.357. The molecular formula is C28H29FO5. The van der Waals surface area contributed by atoms with Gasteiger partial charge in [0.05, 0.1) is 24.2 Å². The molecule has 1 saturated carbocycles. The molecule has 6 heteroatoms. The van der Waals surface area contributed by atoms with Crippen molar-refractivity contribution in [3.8, 4) is 5.75 Å². The molecule has 0 radical (unpaired) electrons. The highest BCUT2D eigenvalue weighted by molar-refractivity contribution is 5.90. The van der Waals surface area contributed by atoms with Crippen LogP contribution in [0, 0.1) is 18.2 Å². The Labute approximate surface area is 198 Å². The summed E-state index contributed by atoms with van der Waals surface area (Å²) in [4.78, 5) is 24.8. The Bertz CT molecular complexity index is 1210. The smallest absolute Gasteiger partial charge is 0.340 e. The third-order valence-corrected chi connectivity index (χ3v) is 6.73. The fourth-order valence-corrected chi connectivity index (χ4v) is 4.51. The van der Waals surface area contributed by atoms with Gasteiger partial charge < -0.3 is 14.2 Å². The number of ether oxygens (including phenoxy) is 3. The zero-order chi connectivity index (χ0) is 24.3. The summed E-state index contributed by atoms with van der Waals surface area (Å²) in [7, 11) is 1.21. The number of halogens is 1. The van der Waals surface area contributed by atoms with Gasteiger partial charge in [0.2, 0.25) is 0 Å². The van der Waals surface area contributed by atoms with Gasteiger partial charge in [0.15, 0.2) is 0 Å². The molecule has 34 heavy (non-hydrogen) atoms. The largest absolute Gasteiger partial charge is 0.490 e. The monoisotopic (exact) mass is 464 g/mol. The fourth-order valence-electron chi connectivity index (χ4n) is 4.51. The van der Waals surface area contributed by atoms with Crippen LogP contribution < -0.4 is 4.74 Å². The number of methoxy groups -OCH3 is 1. The Morgan fingerprint density at radius 2 is 1.76 bits per heavy atom. The van der Waals surface area contributed by atoms with Gasteiger partial charge in [0.1, 0.15) is 18.2 Å². The van der Waals surface area contributed by atoms with E-state index in [1.165, 1.54) is 19.2 Å². The SMILES string of the molecule is COC(=O)c1cc(O[C@H]2CC[C@@](C)(C(=O)OCc3cccc4ccccc34)CC2)c(C)cc1F. The lowest BCUT2D eigenvalue weighted by Gasteiger charge is -2.35. The minimum absolute atomic E-state index is 0.131. The first-order chi connectivity index (χ1) is 16.3. The Morgan fingerprint density at radius 3 is 2.50 bits per heavy atom. The van der Waals surface area contributed by atoms with Crippen molar-refractivity contribution in [3.63, 3.8) is 0 Å². The molecule has 0 atom stereocenters. The molecular weight excluding hydrogens is 435 g/mol. The third kappa shape index (κ3) is 4.91. The molecule has 3 aromatic rings. The molecule has 4 rings (SSSR count). The summed E-state index contributed by atoms with van der Waals surface area (Å²) in [5.41, 5.74) is 0.855. The second-order valence-corrected chi connectivity index (χ2v) is 9.18. The van der Waals surface area contributed by atoms with E-state index in [1.807, 2.05) is 49.4 Å². The van der Waals surface area contributed by atoms with Crippen molar-refractivity contribution in [2.75, 3.05) is 7.11 Å². The molecule has 1 fully saturated rings.